The standard InChI is InChI=1S/C22H35N5.HI/c1-3-23-22(25-21-11-7-8-12-21)24-17-19-9-5-6-10-20(19)18-27-15-13-26(4-2)14-16-27;/h5-10,21H,3-4,11-18H2,1-2H3,(H2,23,24,25);1H. The molecule has 0 bridgehead atoms. The van der Waals surface area contributed by atoms with Crippen LogP contribution in [-0.4, -0.2) is 61.1 Å². The van der Waals surface area contributed by atoms with E-state index >= 15 is 0 Å². The van der Waals surface area contributed by atoms with Crippen molar-refractivity contribution in [3.8, 4) is 0 Å². The van der Waals surface area contributed by atoms with E-state index < -0.39 is 0 Å². The van der Waals surface area contributed by atoms with Gasteiger partial charge in [0.2, 0.25) is 0 Å². The molecule has 0 unspecified atom stereocenters. The average Bonchev–Trinajstić information content (AvgIpc) is 3.21. The van der Waals surface area contributed by atoms with Crippen molar-refractivity contribution < 1.29 is 0 Å². The molecule has 1 heterocycles. The summed E-state index contributed by atoms with van der Waals surface area (Å²) in [6.45, 7) is 12.8. The molecule has 3 rings (SSSR count). The maximum atomic E-state index is 4.87. The van der Waals surface area contributed by atoms with Crippen LogP contribution in [0.5, 0.6) is 0 Å². The summed E-state index contributed by atoms with van der Waals surface area (Å²) in [6.07, 6.45) is 6.67. The van der Waals surface area contributed by atoms with Crippen LogP contribution in [0.1, 0.15) is 37.8 Å². The Bertz CT molecular complexity index is 630. The minimum atomic E-state index is 0. The van der Waals surface area contributed by atoms with Gasteiger partial charge in [0.15, 0.2) is 5.96 Å². The number of halogens is 1. The molecule has 6 heteroatoms. The third kappa shape index (κ3) is 7.04. The van der Waals surface area contributed by atoms with Gasteiger partial charge in [0, 0.05) is 45.3 Å². The highest BCUT2D eigenvalue weighted by Gasteiger charge is 2.17. The summed E-state index contributed by atoms with van der Waals surface area (Å²) >= 11 is 0. The Morgan fingerprint density at radius 3 is 2.29 bits per heavy atom. The SMILES string of the molecule is CCNC(=NCc1ccccc1CN1CCN(CC)CC1)NC1CC=CC1.I. The number of nitrogens with zero attached hydrogens (tertiary/aromatic N) is 3. The second-order valence-corrected chi connectivity index (χ2v) is 7.46. The molecule has 2 aliphatic rings. The Hall–Kier alpha value is -1.12. The van der Waals surface area contributed by atoms with E-state index in [1.54, 1.807) is 0 Å². The molecule has 0 atom stereocenters. The second kappa shape index (κ2) is 12.4. The first-order valence-electron chi connectivity index (χ1n) is 10.5. The first-order chi connectivity index (χ1) is 13.3. The van der Waals surface area contributed by atoms with Gasteiger partial charge in [-0.15, -0.1) is 24.0 Å². The summed E-state index contributed by atoms with van der Waals surface area (Å²) in [5.74, 6) is 0.928. The number of benzene rings is 1. The Labute approximate surface area is 187 Å². The van der Waals surface area contributed by atoms with Crippen molar-refractivity contribution in [1.29, 1.82) is 0 Å². The highest BCUT2D eigenvalue weighted by atomic mass is 127. The molecule has 0 aromatic heterocycles. The highest BCUT2D eigenvalue weighted by Crippen LogP contribution is 2.15. The van der Waals surface area contributed by atoms with Crippen LogP contribution in [0, 0.1) is 0 Å². The fourth-order valence-corrected chi connectivity index (χ4v) is 3.78. The molecule has 5 nitrogen and oxygen atoms in total. The number of hydrogen-bond donors (Lipinski definition) is 2. The first kappa shape index (κ1) is 23.2. The highest BCUT2D eigenvalue weighted by molar-refractivity contribution is 14.0. The maximum Gasteiger partial charge on any atom is 0.191 e. The number of guanidine groups is 1. The molecule has 1 aliphatic carbocycles. The fourth-order valence-electron chi connectivity index (χ4n) is 3.78. The summed E-state index contributed by atoms with van der Waals surface area (Å²) in [7, 11) is 0. The molecule has 1 saturated heterocycles. The molecule has 0 saturated carbocycles. The van der Waals surface area contributed by atoms with E-state index in [1.807, 2.05) is 0 Å². The molecule has 1 fully saturated rings. The lowest BCUT2D eigenvalue weighted by Crippen LogP contribution is -2.45. The van der Waals surface area contributed by atoms with Crippen molar-refractivity contribution in [3.63, 3.8) is 0 Å². The lowest BCUT2D eigenvalue weighted by molar-refractivity contribution is 0.131. The zero-order valence-electron chi connectivity index (χ0n) is 17.4. The summed E-state index contributed by atoms with van der Waals surface area (Å²) in [5.41, 5.74) is 2.74. The monoisotopic (exact) mass is 497 g/mol. The van der Waals surface area contributed by atoms with Gasteiger partial charge in [-0.3, -0.25) is 4.90 Å². The van der Waals surface area contributed by atoms with Crippen LogP contribution in [0.15, 0.2) is 41.4 Å². The topological polar surface area (TPSA) is 42.9 Å². The Morgan fingerprint density at radius 1 is 1.00 bits per heavy atom. The van der Waals surface area contributed by atoms with Gasteiger partial charge in [-0.05, 0) is 37.4 Å². The molecular formula is C22H36IN5. The van der Waals surface area contributed by atoms with Crippen molar-refractivity contribution >= 4 is 29.9 Å². The minimum Gasteiger partial charge on any atom is -0.357 e. The largest absolute Gasteiger partial charge is 0.357 e. The van der Waals surface area contributed by atoms with Crippen LogP contribution in [0.25, 0.3) is 0 Å². The fraction of sp³-hybridized carbons (Fsp3) is 0.591. The van der Waals surface area contributed by atoms with Crippen molar-refractivity contribution in [1.82, 2.24) is 20.4 Å². The third-order valence-corrected chi connectivity index (χ3v) is 5.52. The normalized spacial score (nSPS) is 18.9. The number of likely N-dealkylation sites (N-methyl/N-ethyl adjacent to an activating group) is 1. The molecule has 0 amide bonds. The molecule has 2 N–H and O–H groups in total. The van der Waals surface area contributed by atoms with E-state index in [2.05, 4.69) is 70.7 Å². The van der Waals surface area contributed by atoms with Gasteiger partial charge < -0.3 is 15.5 Å². The Balaban J connectivity index is 0.00000280. The summed E-state index contributed by atoms with van der Waals surface area (Å²) in [6, 6.07) is 9.25. The van der Waals surface area contributed by atoms with Gasteiger partial charge in [0.1, 0.15) is 0 Å². The van der Waals surface area contributed by atoms with Crippen molar-refractivity contribution in [2.45, 2.75) is 45.8 Å². The molecule has 1 aromatic carbocycles. The first-order valence-corrected chi connectivity index (χ1v) is 10.5. The van der Waals surface area contributed by atoms with Crippen LogP contribution in [0.3, 0.4) is 0 Å². The number of piperazine rings is 1. The van der Waals surface area contributed by atoms with Gasteiger partial charge in [0.25, 0.3) is 0 Å². The molecule has 0 spiro atoms. The van der Waals surface area contributed by atoms with E-state index in [4.69, 9.17) is 4.99 Å². The lowest BCUT2D eigenvalue weighted by Gasteiger charge is -2.34. The van der Waals surface area contributed by atoms with E-state index in [0.29, 0.717) is 6.04 Å². The predicted octanol–water partition coefficient (Wildman–Crippen LogP) is 3.22. The second-order valence-electron chi connectivity index (χ2n) is 7.46. The van der Waals surface area contributed by atoms with Crippen LogP contribution in [-0.2, 0) is 13.1 Å². The zero-order chi connectivity index (χ0) is 18.9. The molecule has 0 radical (unpaired) electrons. The molecule has 1 aromatic rings. The maximum absolute atomic E-state index is 4.87. The summed E-state index contributed by atoms with van der Waals surface area (Å²) in [5, 5.41) is 6.95. The van der Waals surface area contributed by atoms with Crippen molar-refractivity contribution in [3.05, 3.63) is 47.5 Å². The number of hydrogen-bond acceptors (Lipinski definition) is 3. The number of rotatable bonds is 7. The third-order valence-electron chi connectivity index (χ3n) is 5.52. The average molecular weight is 497 g/mol. The Kier molecular flexibility index (Phi) is 10.3. The van der Waals surface area contributed by atoms with Gasteiger partial charge in [-0.25, -0.2) is 4.99 Å². The lowest BCUT2D eigenvalue weighted by atomic mass is 10.1. The number of aliphatic imine (C=N–C) groups is 1. The van der Waals surface area contributed by atoms with Gasteiger partial charge in [0.05, 0.1) is 6.54 Å². The van der Waals surface area contributed by atoms with Gasteiger partial charge in [-0.2, -0.15) is 0 Å². The molecule has 1 aliphatic heterocycles. The van der Waals surface area contributed by atoms with E-state index in [1.165, 1.54) is 24.2 Å². The van der Waals surface area contributed by atoms with Crippen molar-refractivity contribution in [2.24, 2.45) is 4.99 Å². The zero-order valence-corrected chi connectivity index (χ0v) is 19.7. The van der Waals surface area contributed by atoms with E-state index in [-0.39, 0.29) is 24.0 Å². The molecule has 28 heavy (non-hydrogen) atoms. The predicted molar refractivity (Wildman–Crippen MR) is 129 cm³/mol. The van der Waals surface area contributed by atoms with Crippen LogP contribution >= 0.6 is 24.0 Å². The quantitative estimate of drug-likeness (QED) is 0.263. The molecular weight excluding hydrogens is 461 g/mol. The Morgan fingerprint density at radius 2 is 1.64 bits per heavy atom. The van der Waals surface area contributed by atoms with E-state index in [9.17, 15) is 0 Å². The summed E-state index contributed by atoms with van der Waals surface area (Å²) < 4.78 is 0. The summed E-state index contributed by atoms with van der Waals surface area (Å²) in [4.78, 5) is 9.96. The van der Waals surface area contributed by atoms with Crippen LogP contribution in [0.4, 0.5) is 0 Å². The van der Waals surface area contributed by atoms with Crippen LogP contribution < -0.4 is 10.6 Å². The molecule has 156 valence electrons. The minimum absolute atomic E-state index is 0. The van der Waals surface area contributed by atoms with Crippen LogP contribution in [0.2, 0.25) is 0 Å². The van der Waals surface area contributed by atoms with E-state index in [0.717, 1.165) is 58.1 Å². The van der Waals surface area contributed by atoms with Crippen molar-refractivity contribution in [2.75, 3.05) is 39.3 Å². The van der Waals surface area contributed by atoms with Gasteiger partial charge >= 0.3 is 0 Å². The smallest absolute Gasteiger partial charge is 0.191 e. The number of nitrogens with one attached hydrogen (secondary N) is 2. The van der Waals surface area contributed by atoms with Gasteiger partial charge in [-0.1, -0.05) is 43.3 Å².